The zero-order valence-corrected chi connectivity index (χ0v) is 12.6. The number of aliphatic carboxylic acids is 1. The third-order valence-corrected chi connectivity index (χ3v) is 4.31. The zero-order valence-electron chi connectivity index (χ0n) is 11.8. The first-order valence-electron chi connectivity index (χ1n) is 6.76. The van der Waals surface area contributed by atoms with Crippen LogP contribution in [0.3, 0.4) is 0 Å². The van der Waals surface area contributed by atoms with Crippen LogP contribution in [0.5, 0.6) is 0 Å². The van der Waals surface area contributed by atoms with Crippen molar-refractivity contribution in [2.45, 2.75) is 6.42 Å². The Morgan fingerprint density at radius 3 is 2.65 bits per heavy atom. The van der Waals surface area contributed by atoms with E-state index in [0.29, 0.717) is 16.1 Å². The summed E-state index contributed by atoms with van der Waals surface area (Å²) in [6, 6.07) is 10.9. The number of benzene rings is 2. The van der Waals surface area contributed by atoms with Gasteiger partial charge in [0, 0.05) is 0 Å². The molecule has 6 heteroatoms. The quantitative estimate of drug-likeness (QED) is 0.761. The molecule has 1 heterocycles. The van der Waals surface area contributed by atoms with Crippen LogP contribution < -0.4 is 0 Å². The number of para-hydroxylation sites is 1. The summed E-state index contributed by atoms with van der Waals surface area (Å²) >= 11 is 1.36. The highest BCUT2D eigenvalue weighted by Crippen LogP contribution is 2.30. The largest absolute Gasteiger partial charge is 0.481 e. The SMILES string of the molecule is O=C(O)CC(=Cc1ccc(F)c(F)c1)c1nc2ccccc2s1. The lowest BCUT2D eigenvalue weighted by atomic mass is 10.1. The highest BCUT2D eigenvalue weighted by molar-refractivity contribution is 7.19. The summed E-state index contributed by atoms with van der Waals surface area (Å²) in [6.07, 6.45) is 1.27. The van der Waals surface area contributed by atoms with Crippen LogP contribution in [0, 0.1) is 11.6 Å². The van der Waals surface area contributed by atoms with Crippen LogP contribution in [0.2, 0.25) is 0 Å². The molecule has 0 amide bonds. The molecule has 0 aliphatic rings. The van der Waals surface area contributed by atoms with Crippen LogP contribution in [0.25, 0.3) is 21.9 Å². The Balaban J connectivity index is 2.07. The average molecular weight is 331 g/mol. The van der Waals surface area contributed by atoms with E-state index in [2.05, 4.69) is 4.98 Å². The average Bonchev–Trinajstić information content (AvgIpc) is 2.94. The van der Waals surface area contributed by atoms with Gasteiger partial charge in [0.1, 0.15) is 5.01 Å². The first-order valence-corrected chi connectivity index (χ1v) is 7.58. The minimum atomic E-state index is -1.02. The monoisotopic (exact) mass is 331 g/mol. The number of aromatic nitrogens is 1. The summed E-state index contributed by atoms with van der Waals surface area (Å²) in [7, 11) is 0. The molecule has 0 radical (unpaired) electrons. The number of nitrogens with zero attached hydrogens (tertiary/aromatic N) is 1. The maximum atomic E-state index is 13.3. The van der Waals surface area contributed by atoms with Gasteiger partial charge in [-0.15, -0.1) is 11.3 Å². The van der Waals surface area contributed by atoms with Crippen LogP contribution in [-0.2, 0) is 4.79 Å². The summed E-state index contributed by atoms with van der Waals surface area (Å²) in [5.74, 6) is -2.93. The Morgan fingerprint density at radius 2 is 1.96 bits per heavy atom. The van der Waals surface area contributed by atoms with Gasteiger partial charge in [-0.05, 0) is 41.5 Å². The van der Waals surface area contributed by atoms with Crippen molar-refractivity contribution in [2.24, 2.45) is 0 Å². The number of hydrogen-bond acceptors (Lipinski definition) is 3. The summed E-state index contributed by atoms with van der Waals surface area (Å²) in [5.41, 5.74) is 1.61. The van der Waals surface area contributed by atoms with E-state index in [1.165, 1.54) is 23.5 Å². The van der Waals surface area contributed by atoms with E-state index in [9.17, 15) is 13.6 Å². The van der Waals surface area contributed by atoms with Crippen molar-refractivity contribution in [1.82, 2.24) is 4.98 Å². The normalized spacial score (nSPS) is 11.8. The van der Waals surface area contributed by atoms with Crippen molar-refractivity contribution in [3.8, 4) is 0 Å². The molecule has 0 aliphatic carbocycles. The second-order valence-corrected chi connectivity index (χ2v) is 5.93. The lowest BCUT2D eigenvalue weighted by molar-refractivity contribution is -0.135. The minimum absolute atomic E-state index is 0.251. The van der Waals surface area contributed by atoms with Crippen LogP contribution in [0.15, 0.2) is 42.5 Å². The molecule has 2 aromatic carbocycles. The van der Waals surface area contributed by atoms with Gasteiger partial charge >= 0.3 is 5.97 Å². The molecular weight excluding hydrogens is 320 g/mol. The van der Waals surface area contributed by atoms with Crippen molar-refractivity contribution in [2.75, 3.05) is 0 Å². The van der Waals surface area contributed by atoms with E-state index < -0.39 is 17.6 Å². The van der Waals surface area contributed by atoms with Crippen molar-refractivity contribution >= 4 is 39.2 Å². The Kier molecular flexibility index (Phi) is 4.16. The van der Waals surface area contributed by atoms with Gasteiger partial charge in [-0.3, -0.25) is 4.79 Å². The number of carboxylic acid groups (broad SMARTS) is 1. The summed E-state index contributed by atoms with van der Waals surface area (Å²) in [5, 5.41) is 9.65. The third kappa shape index (κ3) is 3.43. The molecule has 3 nitrogen and oxygen atoms in total. The number of rotatable bonds is 4. The van der Waals surface area contributed by atoms with Gasteiger partial charge in [0.05, 0.1) is 16.6 Å². The summed E-state index contributed by atoms with van der Waals surface area (Å²) < 4.78 is 27.3. The van der Waals surface area contributed by atoms with E-state index >= 15 is 0 Å². The van der Waals surface area contributed by atoms with E-state index in [4.69, 9.17) is 5.11 Å². The van der Waals surface area contributed by atoms with Crippen LogP contribution in [-0.4, -0.2) is 16.1 Å². The predicted molar refractivity (Wildman–Crippen MR) is 86.1 cm³/mol. The van der Waals surface area contributed by atoms with Crippen LogP contribution in [0.1, 0.15) is 17.0 Å². The Labute approximate surface area is 134 Å². The molecule has 0 bridgehead atoms. The summed E-state index contributed by atoms with van der Waals surface area (Å²) in [4.78, 5) is 15.5. The number of thiazole rings is 1. The standard InChI is InChI=1S/C17H11F2NO2S/c18-12-6-5-10(8-13(12)19)7-11(9-16(21)22)17-20-14-3-1-2-4-15(14)23-17/h1-8H,9H2,(H,21,22). The molecule has 1 aromatic heterocycles. The molecule has 0 saturated heterocycles. The van der Waals surface area contributed by atoms with Crippen molar-refractivity contribution < 1.29 is 18.7 Å². The highest BCUT2D eigenvalue weighted by atomic mass is 32.1. The van der Waals surface area contributed by atoms with Crippen molar-refractivity contribution in [1.29, 1.82) is 0 Å². The van der Waals surface area contributed by atoms with E-state index in [1.54, 1.807) is 0 Å². The molecular formula is C17H11F2NO2S. The lowest BCUT2D eigenvalue weighted by Crippen LogP contribution is -1.97. The lowest BCUT2D eigenvalue weighted by Gasteiger charge is -2.02. The van der Waals surface area contributed by atoms with Crippen molar-refractivity contribution in [3.05, 3.63) is 64.7 Å². The molecule has 116 valence electrons. The van der Waals surface area contributed by atoms with Gasteiger partial charge in [-0.25, -0.2) is 13.8 Å². The molecule has 0 saturated carbocycles. The fourth-order valence-electron chi connectivity index (χ4n) is 2.16. The second-order valence-electron chi connectivity index (χ2n) is 4.90. The number of carbonyl (C=O) groups is 1. The van der Waals surface area contributed by atoms with Gasteiger partial charge < -0.3 is 5.11 Å². The van der Waals surface area contributed by atoms with Gasteiger partial charge in [0.25, 0.3) is 0 Å². The molecule has 23 heavy (non-hydrogen) atoms. The zero-order chi connectivity index (χ0) is 16.4. The summed E-state index contributed by atoms with van der Waals surface area (Å²) in [6.45, 7) is 0. The van der Waals surface area contributed by atoms with Gasteiger partial charge in [0.2, 0.25) is 0 Å². The van der Waals surface area contributed by atoms with Gasteiger partial charge in [-0.1, -0.05) is 18.2 Å². The topological polar surface area (TPSA) is 50.2 Å². The number of fused-ring (bicyclic) bond motifs is 1. The van der Waals surface area contributed by atoms with Gasteiger partial charge in [-0.2, -0.15) is 0 Å². The van der Waals surface area contributed by atoms with Crippen LogP contribution in [0.4, 0.5) is 8.78 Å². The molecule has 1 N–H and O–H groups in total. The highest BCUT2D eigenvalue weighted by Gasteiger charge is 2.13. The smallest absolute Gasteiger partial charge is 0.307 e. The van der Waals surface area contributed by atoms with E-state index in [-0.39, 0.29) is 6.42 Å². The number of carboxylic acids is 1. The Hall–Kier alpha value is -2.60. The molecule has 3 aromatic rings. The molecule has 0 fully saturated rings. The van der Waals surface area contributed by atoms with E-state index in [1.807, 2.05) is 24.3 Å². The molecule has 0 aliphatic heterocycles. The van der Waals surface area contributed by atoms with Gasteiger partial charge in [0.15, 0.2) is 11.6 Å². The Bertz CT molecular complexity index is 885. The number of hydrogen-bond donors (Lipinski definition) is 1. The first-order chi connectivity index (χ1) is 11.0. The number of halogens is 2. The Morgan fingerprint density at radius 1 is 1.17 bits per heavy atom. The first kappa shape index (κ1) is 15.3. The predicted octanol–water partition coefficient (Wildman–Crippen LogP) is 4.59. The molecule has 0 spiro atoms. The van der Waals surface area contributed by atoms with E-state index in [0.717, 1.165) is 22.3 Å². The third-order valence-electron chi connectivity index (χ3n) is 3.19. The molecule has 0 atom stereocenters. The fourth-order valence-corrected chi connectivity index (χ4v) is 3.14. The maximum Gasteiger partial charge on any atom is 0.307 e. The maximum absolute atomic E-state index is 13.3. The second kappa shape index (κ2) is 6.26. The molecule has 0 unspecified atom stereocenters. The minimum Gasteiger partial charge on any atom is -0.481 e. The van der Waals surface area contributed by atoms with Crippen molar-refractivity contribution in [3.63, 3.8) is 0 Å². The van der Waals surface area contributed by atoms with Crippen LogP contribution >= 0.6 is 11.3 Å². The fraction of sp³-hybridized carbons (Fsp3) is 0.0588. The molecule has 3 rings (SSSR count).